The van der Waals surface area contributed by atoms with Crippen LogP contribution in [0.4, 0.5) is 0 Å². The lowest BCUT2D eigenvalue weighted by Crippen LogP contribution is -2.39. The quantitative estimate of drug-likeness (QED) is 0.772. The van der Waals surface area contributed by atoms with Crippen LogP contribution in [-0.4, -0.2) is 58.4 Å². The van der Waals surface area contributed by atoms with E-state index in [1.54, 1.807) is 0 Å². The Bertz CT molecular complexity index is 614. The number of imidazole rings is 1. The molecule has 25 heavy (non-hydrogen) atoms. The molecule has 2 N–H and O–H groups in total. The van der Waals surface area contributed by atoms with Gasteiger partial charge < -0.3 is 19.7 Å². The number of aromatic amines is 1. The van der Waals surface area contributed by atoms with E-state index in [4.69, 9.17) is 9.72 Å². The molecule has 1 fully saturated rings. The molecule has 0 radical (unpaired) electrons. The van der Waals surface area contributed by atoms with Crippen molar-refractivity contribution < 1.29 is 9.84 Å². The SMILES string of the molecule is CC(C)OCCC(O)CN1CCC(Cc2nc3ccccc3[nH]2)CC1. The lowest BCUT2D eigenvalue weighted by atomic mass is 9.93. The third-order valence-electron chi connectivity index (χ3n) is 5.00. The van der Waals surface area contributed by atoms with Crippen LogP contribution in [0.1, 0.15) is 38.9 Å². The summed E-state index contributed by atoms with van der Waals surface area (Å²) in [7, 11) is 0. The molecule has 1 aromatic heterocycles. The number of fused-ring (bicyclic) bond motifs is 1. The zero-order valence-corrected chi connectivity index (χ0v) is 15.4. The summed E-state index contributed by atoms with van der Waals surface area (Å²) < 4.78 is 5.52. The van der Waals surface area contributed by atoms with Gasteiger partial charge in [0.2, 0.25) is 0 Å². The van der Waals surface area contributed by atoms with Crippen molar-refractivity contribution in [3.05, 3.63) is 30.1 Å². The number of β-amino-alcohol motifs (C(OH)–C–C–N with tert-alkyl or cyclic N) is 1. The lowest BCUT2D eigenvalue weighted by Gasteiger charge is -2.33. The summed E-state index contributed by atoms with van der Waals surface area (Å²) in [5.41, 5.74) is 2.18. The van der Waals surface area contributed by atoms with Crippen LogP contribution in [0.2, 0.25) is 0 Å². The third kappa shape index (κ3) is 5.53. The van der Waals surface area contributed by atoms with Crippen LogP contribution in [0.3, 0.4) is 0 Å². The molecule has 3 rings (SSSR count). The highest BCUT2D eigenvalue weighted by atomic mass is 16.5. The summed E-state index contributed by atoms with van der Waals surface area (Å²) in [6.07, 6.45) is 4.04. The first-order valence-corrected chi connectivity index (χ1v) is 9.56. The van der Waals surface area contributed by atoms with Gasteiger partial charge in [0.1, 0.15) is 5.82 Å². The molecule has 5 nitrogen and oxygen atoms in total. The molecule has 1 saturated heterocycles. The van der Waals surface area contributed by atoms with Gasteiger partial charge in [0, 0.05) is 19.6 Å². The summed E-state index contributed by atoms with van der Waals surface area (Å²) in [5, 5.41) is 10.2. The highest BCUT2D eigenvalue weighted by Gasteiger charge is 2.22. The van der Waals surface area contributed by atoms with E-state index in [1.807, 2.05) is 26.0 Å². The molecule has 0 amide bonds. The lowest BCUT2D eigenvalue weighted by molar-refractivity contribution is 0.0295. The van der Waals surface area contributed by atoms with Gasteiger partial charge in [0.15, 0.2) is 0 Å². The Labute approximate surface area is 150 Å². The number of hydrogen-bond acceptors (Lipinski definition) is 4. The number of aliphatic hydroxyl groups is 1. The van der Waals surface area contributed by atoms with Crippen molar-refractivity contribution in [3.8, 4) is 0 Å². The van der Waals surface area contributed by atoms with E-state index in [0.717, 1.165) is 49.3 Å². The molecular formula is C20H31N3O2. The second kappa shape index (κ2) is 8.79. The van der Waals surface area contributed by atoms with Crippen LogP contribution < -0.4 is 0 Å². The maximum Gasteiger partial charge on any atom is 0.107 e. The highest BCUT2D eigenvalue weighted by molar-refractivity contribution is 5.74. The fraction of sp³-hybridized carbons (Fsp3) is 0.650. The summed E-state index contributed by atoms with van der Waals surface area (Å²) in [5.74, 6) is 1.78. The van der Waals surface area contributed by atoms with Crippen molar-refractivity contribution in [2.75, 3.05) is 26.2 Å². The van der Waals surface area contributed by atoms with E-state index >= 15 is 0 Å². The molecule has 1 aliphatic rings. The van der Waals surface area contributed by atoms with Gasteiger partial charge in [-0.2, -0.15) is 0 Å². The smallest absolute Gasteiger partial charge is 0.107 e. The molecular weight excluding hydrogens is 314 g/mol. The van der Waals surface area contributed by atoms with E-state index in [1.165, 1.54) is 12.8 Å². The highest BCUT2D eigenvalue weighted by Crippen LogP contribution is 2.22. The first-order valence-electron chi connectivity index (χ1n) is 9.56. The largest absolute Gasteiger partial charge is 0.392 e. The minimum absolute atomic E-state index is 0.237. The zero-order valence-electron chi connectivity index (χ0n) is 15.4. The van der Waals surface area contributed by atoms with Crippen molar-refractivity contribution >= 4 is 11.0 Å². The van der Waals surface area contributed by atoms with Gasteiger partial charge in [0.25, 0.3) is 0 Å². The number of aromatic nitrogens is 2. The van der Waals surface area contributed by atoms with Crippen LogP contribution in [0.15, 0.2) is 24.3 Å². The average molecular weight is 345 g/mol. The molecule has 1 aromatic carbocycles. The van der Waals surface area contributed by atoms with E-state index in [2.05, 4.69) is 22.0 Å². The molecule has 0 bridgehead atoms. The first kappa shape index (κ1) is 18.4. The number of nitrogens with zero attached hydrogens (tertiary/aromatic N) is 2. The Hall–Kier alpha value is -1.43. The number of piperidine rings is 1. The molecule has 1 aliphatic heterocycles. The molecule has 0 saturated carbocycles. The van der Waals surface area contributed by atoms with Crippen LogP contribution >= 0.6 is 0 Å². The summed E-state index contributed by atoms with van der Waals surface area (Å²) in [4.78, 5) is 10.5. The van der Waals surface area contributed by atoms with Crippen molar-refractivity contribution in [1.29, 1.82) is 0 Å². The molecule has 2 aromatic rings. The Balaban J connectivity index is 1.39. The Morgan fingerprint density at radius 3 is 2.76 bits per heavy atom. The number of para-hydroxylation sites is 2. The van der Waals surface area contributed by atoms with Crippen molar-refractivity contribution in [1.82, 2.24) is 14.9 Å². The van der Waals surface area contributed by atoms with Gasteiger partial charge in [-0.3, -0.25) is 0 Å². The molecule has 2 heterocycles. The normalized spacial score (nSPS) is 18.2. The second-order valence-corrected chi connectivity index (χ2v) is 7.51. The van der Waals surface area contributed by atoms with Crippen LogP contribution in [0.25, 0.3) is 11.0 Å². The number of nitrogens with one attached hydrogen (secondary N) is 1. The molecule has 0 spiro atoms. The average Bonchev–Trinajstić information content (AvgIpc) is 2.98. The minimum atomic E-state index is -0.286. The Kier molecular flexibility index (Phi) is 6.45. The number of benzene rings is 1. The number of ether oxygens (including phenoxy) is 1. The minimum Gasteiger partial charge on any atom is -0.392 e. The molecule has 0 aliphatic carbocycles. The van der Waals surface area contributed by atoms with Crippen molar-refractivity contribution in [2.45, 2.75) is 51.7 Å². The predicted octanol–water partition coefficient (Wildman–Crippen LogP) is 2.99. The van der Waals surface area contributed by atoms with Gasteiger partial charge in [-0.25, -0.2) is 4.98 Å². The van der Waals surface area contributed by atoms with Gasteiger partial charge in [-0.05, 0) is 64.3 Å². The molecule has 5 heteroatoms. The summed E-state index contributed by atoms with van der Waals surface area (Å²) in [6, 6.07) is 8.21. The van der Waals surface area contributed by atoms with E-state index in [0.29, 0.717) is 12.5 Å². The van der Waals surface area contributed by atoms with Crippen LogP contribution in [-0.2, 0) is 11.2 Å². The summed E-state index contributed by atoms with van der Waals surface area (Å²) >= 11 is 0. The maximum atomic E-state index is 10.2. The molecule has 1 unspecified atom stereocenters. The number of likely N-dealkylation sites (tertiary alicyclic amines) is 1. The topological polar surface area (TPSA) is 61.4 Å². The van der Waals surface area contributed by atoms with Crippen molar-refractivity contribution in [2.24, 2.45) is 5.92 Å². The third-order valence-corrected chi connectivity index (χ3v) is 5.00. The number of hydrogen-bond donors (Lipinski definition) is 2. The van der Waals surface area contributed by atoms with Crippen molar-refractivity contribution in [3.63, 3.8) is 0 Å². The first-order chi connectivity index (χ1) is 12.1. The zero-order chi connectivity index (χ0) is 17.6. The van der Waals surface area contributed by atoms with Gasteiger partial charge in [0.05, 0.1) is 23.2 Å². The van der Waals surface area contributed by atoms with E-state index in [-0.39, 0.29) is 12.2 Å². The fourth-order valence-corrected chi connectivity index (χ4v) is 3.58. The fourth-order valence-electron chi connectivity index (χ4n) is 3.58. The second-order valence-electron chi connectivity index (χ2n) is 7.51. The summed E-state index contributed by atoms with van der Waals surface area (Å²) in [6.45, 7) is 7.58. The van der Waals surface area contributed by atoms with Crippen LogP contribution in [0.5, 0.6) is 0 Å². The molecule has 138 valence electrons. The monoisotopic (exact) mass is 345 g/mol. The number of rotatable bonds is 8. The van der Waals surface area contributed by atoms with Gasteiger partial charge in [-0.15, -0.1) is 0 Å². The van der Waals surface area contributed by atoms with Crippen LogP contribution in [0, 0.1) is 5.92 Å². The Morgan fingerprint density at radius 2 is 2.04 bits per heavy atom. The molecule has 1 atom stereocenters. The number of H-pyrrole nitrogens is 1. The Morgan fingerprint density at radius 1 is 1.28 bits per heavy atom. The van der Waals surface area contributed by atoms with E-state index < -0.39 is 0 Å². The maximum absolute atomic E-state index is 10.2. The van der Waals surface area contributed by atoms with E-state index in [9.17, 15) is 5.11 Å². The standard InChI is InChI=1S/C20H31N3O2/c1-15(2)25-12-9-17(24)14-23-10-7-16(8-11-23)13-20-21-18-5-3-4-6-19(18)22-20/h3-6,15-17,24H,7-14H2,1-2H3,(H,21,22). The van der Waals surface area contributed by atoms with Gasteiger partial charge in [-0.1, -0.05) is 12.1 Å². The van der Waals surface area contributed by atoms with Gasteiger partial charge >= 0.3 is 0 Å². The predicted molar refractivity (Wildman–Crippen MR) is 101 cm³/mol. The number of aliphatic hydroxyl groups excluding tert-OH is 1.